The van der Waals surface area contributed by atoms with Gasteiger partial charge in [0.15, 0.2) is 34.7 Å². The molecule has 0 amide bonds. The van der Waals surface area contributed by atoms with Gasteiger partial charge in [-0.1, -0.05) is 0 Å². The van der Waals surface area contributed by atoms with Crippen LogP contribution in [0.25, 0.3) is 0 Å². The predicted octanol–water partition coefficient (Wildman–Crippen LogP) is 10.5. The second-order valence-corrected chi connectivity index (χ2v) is 16.3. The van der Waals surface area contributed by atoms with Crippen molar-refractivity contribution in [2.24, 2.45) is 0 Å². The molecule has 3 aromatic carbocycles. The predicted molar refractivity (Wildman–Crippen MR) is 249 cm³/mol. The van der Waals surface area contributed by atoms with Crippen molar-refractivity contribution in [2.45, 2.75) is 39.1 Å². The molecule has 0 aliphatic carbocycles. The number of carbonyl (C=O) groups excluding carboxylic acids is 3. The number of methoxy groups -OCH3 is 3. The van der Waals surface area contributed by atoms with Crippen molar-refractivity contribution in [2.75, 3.05) is 38.5 Å². The fourth-order valence-electron chi connectivity index (χ4n) is 5.84. The maximum absolute atomic E-state index is 13.5. The maximum atomic E-state index is 13.5. The number of nitrogens with two attached hydrogens (primary N) is 3. The molecule has 3 atom stereocenters. The van der Waals surface area contributed by atoms with Gasteiger partial charge in [0.2, 0.25) is 0 Å². The highest BCUT2D eigenvalue weighted by atomic mass is 79.9. The molecule has 6 aromatic rings. The van der Waals surface area contributed by atoms with Gasteiger partial charge >= 0.3 is 17.9 Å². The molecule has 15 nitrogen and oxygen atoms in total. The van der Waals surface area contributed by atoms with E-state index in [0.717, 1.165) is 0 Å². The van der Waals surface area contributed by atoms with E-state index in [-0.39, 0.29) is 34.1 Å². The molecule has 6 N–H and O–H groups in total. The highest BCUT2D eigenvalue weighted by Crippen LogP contribution is 2.33. The molecular weight excluding hydrogens is 1070 g/mol. The lowest BCUT2D eigenvalue weighted by Gasteiger charge is -2.18. The summed E-state index contributed by atoms with van der Waals surface area (Å²) in [5.74, 6) is -1.51. The highest BCUT2D eigenvalue weighted by molar-refractivity contribution is 9.11. The number of nitrogens with zero attached hydrogens (tertiary/aromatic N) is 3. The third-order valence-electron chi connectivity index (χ3n) is 9.03. The van der Waals surface area contributed by atoms with Gasteiger partial charge in [-0.2, -0.15) is 0 Å². The van der Waals surface area contributed by atoms with E-state index < -0.39 is 53.7 Å². The van der Waals surface area contributed by atoms with E-state index in [0.29, 0.717) is 47.4 Å². The minimum absolute atomic E-state index is 0.200. The van der Waals surface area contributed by atoms with Crippen molar-refractivity contribution in [3.8, 4) is 17.2 Å². The van der Waals surface area contributed by atoms with Gasteiger partial charge in [0.25, 0.3) is 0 Å². The number of hydrogen-bond donors (Lipinski definition) is 3. The van der Waals surface area contributed by atoms with E-state index in [1.165, 1.54) is 94.5 Å². The summed E-state index contributed by atoms with van der Waals surface area (Å²) in [6, 6.07) is 16.3. The van der Waals surface area contributed by atoms with Crippen LogP contribution in [0.15, 0.2) is 105 Å². The zero-order valence-electron chi connectivity index (χ0n) is 35.9. The first-order valence-corrected chi connectivity index (χ1v) is 21.5. The number of benzene rings is 3. The van der Waals surface area contributed by atoms with E-state index in [1.807, 2.05) is 0 Å². The molecule has 0 bridgehead atoms. The van der Waals surface area contributed by atoms with Crippen LogP contribution in [0.5, 0.6) is 17.2 Å². The van der Waals surface area contributed by atoms with E-state index in [4.69, 9.17) is 45.6 Å². The molecule has 0 saturated carbocycles. The maximum Gasteiger partial charge on any atom is 0.338 e. The Morgan fingerprint density at radius 2 is 0.712 bits per heavy atom. The fourth-order valence-corrected chi connectivity index (χ4v) is 6.77. The van der Waals surface area contributed by atoms with Crippen LogP contribution in [-0.2, 0) is 14.2 Å². The second kappa shape index (κ2) is 24.2. The Morgan fingerprint density at radius 3 is 0.939 bits per heavy atom. The Kier molecular flexibility index (Phi) is 19.1. The first kappa shape index (κ1) is 52.2. The summed E-state index contributed by atoms with van der Waals surface area (Å²) < 4.78 is 73.8. The molecule has 3 heterocycles. The average Bonchev–Trinajstić information content (AvgIpc) is 3.29. The molecule has 0 radical (unpaired) electrons. The van der Waals surface area contributed by atoms with Crippen LogP contribution < -0.4 is 31.4 Å². The van der Waals surface area contributed by atoms with E-state index in [2.05, 4.69) is 62.7 Å². The van der Waals surface area contributed by atoms with Crippen LogP contribution in [-0.4, -0.2) is 54.2 Å². The summed E-state index contributed by atoms with van der Waals surface area (Å²) in [6.45, 7) is 5.05. The quantitative estimate of drug-likeness (QED) is 0.0766. The summed E-state index contributed by atoms with van der Waals surface area (Å²) in [5.41, 5.74) is 19.0. The largest absolute Gasteiger partial charge is 0.482 e. The number of esters is 3. The van der Waals surface area contributed by atoms with E-state index in [1.54, 1.807) is 39.0 Å². The van der Waals surface area contributed by atoms with Crippen LogP contribution in [0.1, 0.15) is 86.8 Å². The minimum atomic E-state index is -0.622. The molecule has 0 aliphatic rings. The topological polar surface area (TPSA) is 223 Å². The molecule has 6 rings (SSSR count). The SMILES string of the molecule is COC(=O)c1ccc(F)cc1C(C)Oc1cc(Br)cnc1N.COC(=O)c1ccc(F)cc1[C@@H](C)Oc1cc(Br)cnc1N.COC(=O)c1ccc(F)cc1[C@H](C)Oc1cc(Br)cnc1N. The van der Waals surface area contributed by atoms with Crippen LogP contribution in [0.3, 0.4) is 0 Å². The van der Waals surface area contributed by atoms with Gasteiger partial charge in [0.1, 0.15) is 35.8 Å². The van der Waals surface area contributed by atoms with Gasteiger partial charge in [0.05, 0.1) is 38.0 Å². The lowest BCUT2D eigenvalue weighted by molar-refractivity contribution is 0.0587. The van der Waals surface area contributed by atoms with E-state index >= 15 is 0 Å². The molecule has 0 saturated heterocycles. The van der Waals surface area contributed by atoms with Crippen molar-refractivity contribution in [1.29, 1.82) is 0 Å². The van der Waals surface area contributed by atoms with Crippen molar-refractivity contribution in [3.05, 3.63) is 156 Å². The standard InChI is InChI=1S/3C15H14BrFN2O3/c3*1-8(22-13-5-9(16)7-19-14(13)18)12-6-10(17)3-4-11(12)15(20)21-2/h3*3-8H,1-2H3,(H2,18,19)/t2*8-;/m10./s1. The zero-order chi connectivity index (χ0) is 48.8. The summed E-state index contributed by atoms with van der Waals surface area (Å²) in [4.78, 5) is 47.2. The van der Waals surface area contributed by atoms with Crippen molar-refractivity contribution >= 4 is 83.2 Å². The Labute approximate surface area is 402 Å². The molecule has 0 aliphatic heterocycles. The summed E-state index contributed by atoms with van der Waals surface area (Å²) in [7, 11) is 3.78. The lowest BCUT2D eigenvalue weighted by Crippen LogP contribution is -2.13. The van der Waals surface area contributed by atoms with Crippen LogP contribution >= 0.6 is 47.8 Å². The minimum Gasteiger partial charge on any atom is -0.482 e. The lowest BCUT2D eigenvalue weighted by atomic mass is 10.0. The Morgan fingerprint density at radius 1 is 0.470 bits per heavy atom. The average molecular weight is 1110 g/mol. The third kappa shape index (κ3) is 14.3. The molecule has 348 valence electrons. The van der Waals surface area contributed by atoms with Crippen molar-refractivity contribution < 1.29 is 56.0 Å². The summed E-state index contributed by atoms with van der Waals surface area (Å²) in [6.07, 6.45) is 2.74. The van der Waals surface area contributed by atoms with Crippen LogP contribution in [0.2, 0.25) is 0 Å². The first-order valence-electron chi connectivity index (χ1n) is 19.1. The Hall–Kier alpha value is -6.45. The first-order chi connectivity index (χ1) is 31.3. The van der Waals surface area contributed by atoms with Gasteiger partial charge in [-0.05, 0) is 141 Å². The number of carbonyl (C=O) groups is 3. The van der Waals surface area contributed by atoms with Gasteiger partial charge in [-0.15, -0.1) is 0 Å². The zero-order valence-corrected chi connectivity index (χ0v) is 40.7. The van der Waals surface area contributed by atoms with Gasteiger partial charge in [-0.3, -0.25) is 0 Å². The number of aromatic nitrogens is 3. The van der Waals surface area contributed by atoms with Crippen LogP contribution in [0, 0.1) is 17.5 Å². The normalized spacial score (nSPS) is 11.8. The van der Waals surface area contributed by atoms with Gasteiger partial charge in [0, 0.05) is 48.7 Å². The number of pyridine rings is 3. The molecule has 3 aromatic heterocycles. The van der Waals surface area contributed by atoms with E-state index in [9.17, 15) is 27.6 Å². The molecule has 21 heteroatoms. The summed E-state index contributed by atoms with van der Waals surface area (Å²) in [5, 5.41) is 0. The number of ether oxygens (including phenoxy) is 6. The number of anilines is 3. The van der Waals surface area contributed by atoms with Crippen LogP contribution in [0.4, 0.5) is 30.6 Å². The molecular formula is C45H42Br3F3N6O9. The third-order valence-corrected chi connectivity index (χ3v) is 10.3. The smallest absolute Gasteiger partial charge is 0.338 e. The van der Waals surface area contributed by atoms with Crippen molar-refractivity contribution in [1.82, 2.24) is 15.0 Å². The highest BCUT2D eigenvalue weighted by Gasteiger charge is 2.23. The fraction of sp³-hybridized carbons (Fsp3) is 0.200. The Balaban J connectivity index is 0.000000216. The molecule has 0 fully saturated rings. The second-order valence-electron chi connectivity index (χ2n) is 13.6. The van der Waals surface area contributed by atoms with Gasteiger partial charge in [-0.25, -0.2) is 42.5 Å². The van der Waals surface area contributed by atoms with Gasteiger partial charge < -0.3 is 45.6 Å². The number of halogens is 6. The molecule has 1 unspecified atom stereocenters. The monoisotopic (exact) mass is 1100 g/mol. The Bertz CT molecular complexity index is 2420. The number of rotatable bonds is 12. The summed E-state index contributed by atoms with van der Waals surface area (Å²) >= 11 is 9.81. The van der Waals surface area contributed by atoms with Crippen molar-refractivity contribution in [3.63, 3.8) is 0 Å². The molecule has 66 heavy (non-hydrogen) atoms. The number of nitrogen functional groups attached to an aromatic ring is 3. The number of hydrogen-bond acceptors (Lipinski definition) is 15. The molecule has 0 spiro atoms.